The van der Waals surface area contributed by atoms with Crippen LogP contribution >= 0.6 is 15.9 Å². The van der Waals surface area contributed by atoms with Crippen LogP contribution in [0.2, 0.25) is 0 Å². The van der Waals surface area contributed by atoms with Crippen molar-refractivity contribution in [1.29, 1.82) is 0 Å². The van der Waals surface area contributed by atoms with Gasteiger partial charge in [0.1, 0.15) is 11.6 Å². The number of phenols is 1. The molecule has 0 aliphatic heterocycles. The summed E-state index contributed by atoms with van der Waals surface area (Å²) < 4.78 is 18.3. The van der Waals surface area contributed by atoms with Crippen molar-refractivity contribution in [2.24, 2.45) is 0 Å². The molecule has 0 saturated carbocycles. The first-order chi connectivity index (χ1) is 7.06. The summed E-state index contributed by atoms with van der Waals surface area (Å²) in [7, 11) is 0. The highest BCUT2D eigenvalue weighted by molar-refractivity contribution is 9.10. The van der Waals surface area contributed by atoms with Crippen LogP contribution in [0.3, 0.4) is 0 Å². The van der Waals surface area contributed by atoms with Crippen molar-refractivity contribution in [1.82, 2.24) is 0 Å². The van der Waals surface area contributed by atoms with Crippen LogP contribution in [0.4, 0.5) is 4.39 Å². The van der Waals surface area contributed by atoms with Gasteiger partial charge in [-0.25, -0.2) is 4.39 Å². The smallest absolute Gasteiger partial charge is 0.310 e. The molecule has 0 saturated heterocycles. The Hall–Kier alpha value is -1.10. The summed E-state index contributed by atoms with van der Waals surface area (Å²) in [5.41, 5.74) is -0.0529. The van der Waals surface area contributed by atoms with Crippen LogP contribution in [0, 0.1) is 5.82 Å². The molecule has 3 nitrogen and oxygen atoms in total. The third-order valence-electron chi connectivity index (χ3n) is 1.80. The predicted octanol–water partition coefficient (Wildman–Crippen LogP) is 2.40. The second kappa shape index (κ2) is 5.11. The van der Waals surface area contributed by atoms with Gasteiger partial charge in [-0.3, -0.25) is 4.79 Å². The number of hydrogen-bond acceptors (Lipinski definition) is 3. The molecule has 0 fully saturated rings. The van der Waals surface area contributed by atoms with Gasteiger partial charge in [-0.15, -0.1) is 0 Å². The third-order valence-corrected chi connectivity index (χ3v) is 2.41. The van der Waals surface area contributed by atoms with Gasteiger partial charge >= 0.3 is 5.97 Å². The van der Waals surface area contributed by atoms with Crippen LogP contribution < -0.4 is 0 Å². The number of carbonyl (C=O) groups is 1. The van der Waals surface area contributed by atoms with E-state index in [0.717, 1.165) is 0 Å². The van der Waals surface area contributed by atoms with Gasteiger partial charge in [-0.1, -0.05) is 0 Å². The van der Waals surface area contributed by atoms with Gasteiger partial charge in [0.25, 0.3) is 0 Å². The van der Waals surface area contributed by atoms with Crippen LogP contribution in [0.5, 0.6) is 5.75 Å². The maximum atomic E-state index is 13.4. The van der Waals surface area contributed by atoms with Gasteiger partial charge in [0.05, 0.1) is 17.5 Å². The van der Waals surface area contributed by atoms with Crippen molar-refractivity contribution in [2.75, 3.05) is 6.61 Å². The lowest BCUT2D eigenvalue weighted by Crippen LogP contribution is -2.09. The Kier molecular flexibility index (Phi) is 4.08. The Morgan fingerprint density at radius 3 is 2.87 bits per heavy atom. The topological polar surface area (TPSA) is 46.5 Å². The van der Waals surface area contributed by atoms with E-state index in [1.54, 1.807) is 6.92 Å². The molecule has 0 bridgehead atoms. The quantitative estimate of drug-likeness (QED) is 0.863. The summed E-state index contributed by atoms with van der Waals surface area (Å²) in [6.07, 6.45) is -0.273. The number of rotatable bonds is 3. The van der Waals surface area contributed by atoms with E-state index in [1.807, 2.05) is 0 Å². The molecule has 1 aromatic carbocycles. The first kappa shape index (κ1) is 12.0. The molecule has 0 unspecified atom stereocenters. The molecule has 0 aromatic heterocycles. The Morgan fingerprint density at radius 2 is 2.27 bits per heavy atom. The molecule has 15 heavy (non-hydrogen) atoms. The van der Waals surface area contributed by atoms with Crippen molar-refractivity contribution >= 4 is 21.9 Å². The van der Waals surface area contributed by atoms with E-state index in [4.69, 9.17) is 0 Å². The number of phenolic OH excluding ortho intramolecular Hbond substituents is 1. The molecule has 1 N–H and O–H groups in total. The molecule has 0 heterocycles. The van der Waals surface area contributed by atoms with Crippen LogP contribution in [0.15, 0.2) is 16.6 Å². The molecule has 0 atom stereocenters. The monoisotopic (exact) mass is 276 g/mol. The molecule has 1 aromatic rings. The molecular weight excluding hydrogens is 267 g/mol. The number of aromatic hydroxyl groups is 1. The van der Waals surface area contributed by atoms with E-state index < -0.39 is 11.8 Å². The van der Waals surface area contributed by atoms with E-state index >= 15 is 0 Å². The van der Waals surface area contributed by atoms with Gasteiger partial charge in [0, 0.05) is 5.56 Å². The highest BCUT2D eigenvalue weighted by atomic mass is 79.9. The Bertz CT molecular complexity index is 379. The molecule has 0 aliphatic rings. The predicted molar refractivity (Wildman–Crippen MR) is 56.1 cm³/mol. The molecular formula is C10H10BrFO3. The molecule has 1 rings (SSSR count). The Balaban J connectivity index is 2.93. The second-order valence-electron chi connectivity index (χ2n) is 2.84. The van der Waals surface area contributed by atoms with Crippen LogP contribution in [0.1, 0.15) is 12.5 Å². The normalized spacial score (nSPS) is 10.1. The standard InChI is InChI=1S/C10H10BrFO3/c1-2-15-9(14)5-6-8(13)4-3-7(11)10(6)12/h3-4,13H,2,5H2,1H3. The minimum atomic E-state index is -0.636. The van der Waals surface area contributed by atoms with E-state index in [2.05, 4.69) is 20.7 Å². The van der Waals surface area contributed by atoms with Crippen molar-refractivity contribution in [3.8, 4) is 5.75 Å². The van der Waals surface area contributed by atoms with Gasteiger partial charge in [0.15, 0.2) is 0 Å². The molecule has 0 radical (unpaired) electrons. The number of halogens is 2. The number of esters is 1. The van der Waals surface area contributed by atoms with Gasteiger partial charge in [-0.2, -0.15) is 0 Å². The van der Waals surface area contributed by atoms with Gasteiger partial charge in [-0.05, 0) is 35.0 Å². The van der Waals surface area contributed by atoms with E-state index in [1.165, 1.54) is 12.1 Å². The average molecular weight is 277 g/mol. The molecule has 82 valence electrons. The SMILES string of the molecule is CCOC(=O)Cc1c(O)ccc(Br)c1F. The maximum Gasteiger partial charge on any atom is 0.310 e. The summed E-state index contributed by atoms with van der Waals surface area (Å²) >= 11 is 2.97. The number of hydrogen-bond donors (Lipinski definition) is 1. The summed E-state index contributed by atoms with van der Waals surface area (Å²) in [5, 5.41) is 9.36. The Morgan fingerprint density at radius 1 is 1.60 bits per heavy atom. The van der Waals surface area contributed by atoms with E-state index in [9.17, 15) is 14.3 Å². The lowest BCUT2D eigenvalue weighted by molar-refractivity contribution is -0.142. The average Bonchev–Trinajstić information content (AvgIpc) is 2.19. The molecule has 5 heteroatoms. The third kappa shape index (κ3) is 2.92. The zero-order valence-corrected chi connectivity index (χ0v) is 9.67. The molecule has 0 amide bonds. The second-order valence-corrected chi connectivity index (χ2v) is 3.70. The highest BCUT2D eigenvalue weighted by Gasteiger charge is 2.15. The fourth-order valence-electron chi connectivity index (χ4n) is 1.11. The van der Waals surface area contributed by atoms with Crippen LogP contribution in [-0.2, 0) is 16.0 Å². The lowest BCUT2D eigenvalue weighted by Gasteiger charge is -2.06. The molecule has 0 spiro atoms. The minimum Gasteiger partial charge on any atom is -0.508 e. The number of carbonyl (C=O) groups excluding carboxylic acids is 1. The fourth-order valence-corrected chi connectivity index (χ4v) is 1.48. The number of benzene rings is 1. The Labute approximate surface area is 95.0 Å². The lowest BCUT2D eigenvalue weighted by atomic mass is 10.1. The minimum absolute atomic E-state index is 0.0529. The first-order valence-electron chi connectivity index (χ1n) is 4.37. The van der Waals surface area contributed by atoms with Crippen LogP contribution in [-0.4, -0.2) is 17.7 Å². The maximum absolute atomic E-state index is 13.4. The zero-order chi connectivity index (χ0) is 11.4. The number of ether oxygens (including phenoxy) is 1. The van der Waals surface area contributed by atoms with E-state index in [0.29, 0.717) is 0 Å². The highest BCUT2D eigenvalue weighted by Crippen LogP contribution is 2.27. The summed E-state index contributed by atoms with van der Waals surface area (Å²) in [6, 6.07) is 2.70. The van der Waals surface area contributed by atoms with Crippen molar-refractivity contribution in [2.45, 2.75) is 13.3 Å². The van der Waals surface area contributed by atoms with Crippen molar-refractivity contribution < 1.29 is 19.0 Å². The van der Waals surface area contributed by atoms with Gasteiger partial charge in [0.2, 0.25) is 0 Å². The van der Waals surface area contributed by atoms with Crippen LogP contribution in [0.25, 0.3) is 0 Å². The fraction of sp³-hybridized carbons (Fsp3) is 0.300. The van der Waals surface area contributed by atoms with Gasteiger partial charge < -0.3 is 9.84 Å². The summed E-state index contributed by atoms with van der Waals surface area (Å²) in [4.78, 5) is 11.1. The largest absolute Gasteiger partial charge is 0.508 e. The zero-order valence-electron chi connectivity index (χ0n) is 8.09. The summed E-state index contributed by atoms with van der Waals surface area (Å²) in [5.74, 6) is -1.45. The van der Waals surface area contributed by atoms with Crippen molar-refractivity contribution in [3.05, 3.63) is 28.0 Å². The van der Waals surface area contributed by atoms with Crippen molar-refractivity contribution in [3.63, 3.8) is 0 Å². The molecule has 0 aliphatic carbocycles. The van der Waals surface area contributed by atoms with E-state index in [-0.39, 0.29) is 28.8 Å². The first-order valence-corrected chi connectivity index (χ1v) is 5.17. The summed E-state index contributed by atoms with van der Waals surface area (Å²) in [6.45, 7) is 1.89.